The van der Waals surface area contributed by atoms with Crippen molar-refractivity contribution in [2.75, 3.05) is 44.2 Å². The summed E-state index contributed by atoms with van der Waals surface area (Å²) in [4.78, 5) is 20.3. The molecule has 160 valence electrons. The first-order valence-electron chi connectivity index (χ1n) is 11.4. The number of aryl methyl sites for hydroxylation is 2. The number of piperidine rings is 1. The van der Waals surface area contributed by atoms with Gasteiger partial charge in [-0.15, -0.1) is 0 Å². The van der Waals surface area contributed by atoms with Crippen LogP contribution in [0, 0.1) is 26.7 Å². The van der Waals surface area contributed by atoms with Crippen LogP contribution in [0.4, 0.5) is 5.69 Å². The number of rotatable bonds is 4. The van der Waals surface area contributed by atoms with Crippen LogP contribution in [0.15, 0.2) is 42.5 Å². The number of anilines is 1. The van der Waals surface area contributed by atoms with E-state index >= 15 is 0 Å². The molecule has 0 radical (unpaired) electrons. The van der Waals surface area contributed by atoms with E-state index < -0.39 is 0 Å². The highest BCUT2D eigenvalue weighted by atomic mass is 16.2. The molecule has 2 aromatic rings. The molecule has 1 atom stereocenters. The summed E-state index contributed by atoms with van der Waals surface area (Å²) in [6, 6.07) is 15.1. The van der Waals surface area contributed by atoms with Crippen LogP contribution in [-0.2, 0) is 11.3 Å². The predicted molar refractivity (Wildman–Crippen MR) is 124 cm³/mol. The van der Waals surface area contributed by atoms with Gasteiger partial charge in [-0.05, 0) is 68.5 Å². The van der Waals surface area contributed by atoms with Gasteiger partial charge in [0.2, 0.25) is 5.91 Å². The van der Waals surface area contributed by atoms with Gasteiger partial charge >= 0.3 is 0 Å². The summed E-state index contributed by atoms with van der Waals surface area (Å²) in [5, 5.41) is 0. The van der Waals surface area contributed by atoms with Gasteiger partial charge in [0.05, 0.1) is 5.92 Å². The highest BCUT2D eigenvalue weighted by Crippen LogP contribution is 2.26. The van der Waals surface area contributed by atoms with Gasteiger partial charge in [-0.2, -0.15) is 0 Å². The minimum atomic E-state index is 0.148. The lowest BCUT2D eigenvalue weighted by Gasteiger charge is -2.40. The molecule has 2 aromatic carbocycles. The zero-order valence-electron chi connectivity index (χ0n) is 18.7. The normalized spacial score (nSPS) is 20.4. The summed E-state index contributed by atoms with van der Waals surface area (Å²) in [7, 11) is 0. The highest BCUT2D eigenvalue weighted by Gasteiger charge is 2.31. The van der Waals surface area contributed by atoms with Crippen LogP contribution < -0.4 is 4.90 Å². The zero-order chi connectivity index (χ0) is 21.1. The molecular formula is C26H35N3O. The van der Waals surface area contributed by atoms with Crippen molar-refractivity contribution in [3.05, 3.63) is 64.7 Å². The number of carbonyl (C=O) groups is 1. The first kappa shape index (κ1) is 20.9. The first-order valence-corrected chi connectivity index (χ1v) is 11.4. The summed E-state index contributed by atoms with van der Waals surface area (Å²) in [5.74, 6) is 0.514. The lowest BCUT2D eigenvalue weighted by Crippen LogP contribution is -2.52. The number of likely N-dealkylation sites (tertiary alicyclic amines) is 1. The van der Waals surface area contributed by atoms with E-state index in [0.29, 0.717) is 5.91 Å². The third-order valence-electron chi connectivity index (χ3n) is 7.02. The highest BCUT2D eigenvalue weighted by molar-refractivity contribution is 5.79. The zero-order valence-corrected chi connectivity index (χ0v) is 18.7. The minimum Gasteiger partial charge on any atom is -0.368 e. The molecule has 1 unspecified atom stereocenters. The van der Waals surface area contributed by atoms with Crippen molar-refractivity contribution in [3.63, 3.8) is 0 Å². The lowest BCUT2D eigenvalue weighted by molar-refractivity contribution is -0.137. The first-order chi connectivity index (χ1) is 14.5. The molecule has 2 aliphatic heterocycles. The lowest BCUT2D eigenvalue weighted by atomic mass is 9.95. The fourth-order valence-electron chi connectivity index (χ4n) is 4.93. The Morgan fingerprint density at radius 3 is 2.40 bits per heavy atom. The van der Waals surface area contributed by atoms with Crippen LogP contribution in [0.2, 0.25) is 0 Å². The van der Waals surface area contributed by atoms with E-state index in [2.05, 4.69) is 77.9 Å². The SMILES string of the molecule is Cc1ccccc1CN1CCCC(C(=O)N2CCN(c3cccc(C)c3C)CC2)C1. The molecule has 2 fully saturated rings. The molecule has 30 heavy (non-hydrogen) atoms. The summed E-state index contributed by atoms with van der Waals surface area (Å²) in [6.45, 7) is 13.0. The van der Waals surface area contributed by atoms with Crippen molar-refractivity contribution >= 4 is 11.6 Å². The fourth-order valence-corrected chi connectivity index (χ4v) is 4.93. The molecule has 0 bridgehead atoms. The molecule has 0 saturated carbocycles. The number of hydrogen-bond acceptors (Lipinski definition) is 3. The second-order valence-electron chi connectivity index (χ2n) is 9.03. The maximum Gasteiger partial charge on any atom is 0.227 e. The Morgan fingerprint density at radius 1 is 0.900 bits per heavy atom. The van der Waals surface area contributed by atoms with Crippen LogP contribution in [-0.4, -0.2) is 55.0 Å². The van der Waals surface area contributed by atoms with Crippen molar-refractivity contribution in [3.8, 4) is 0 Å². The van der Waals surface area contributed by atoms with Crippen molar-refractivity contribution in [1.82, 2.24) is 9.80 Å². The second-order valence-corrected chi connectivity index (χ2v) is 9.03. The molecule has 2 heterocycles. The van der Waals surface area contributed by atoms with Gasteiger partial charge in [-0.3, -0.25) is 9.69 Å². The maximum absolute atomic E-state index is 13.3. The third kappa shape index (κ3) is 4.54. The third-order valence-corrected chi connectivity index (χ3v) is 7.02. The maximum atomic E-state index is 13.3. The summed E-state index contributed by atoms with van der Waals surface area (Å²) in [6.07, 6.45) is 2.14. The van der Waals surface area contributed by atoms with Crippen molar-refractivity contribution < 1.29 is 4.79 Å². The summed E-state index contributed by atoms with van der Waals surface area (Å²) in [5.41, 5.74) is 6.74. The Morgan fingerprint density at radius 2 is 1.63 bits per heavy atom. The topological polar surface area (TPSA) is 26.8 Å². The van der Waals surface area contributed by atoms with Gasteiger partial charge in [-0.25, -0.2) is 0 Å². The number of nitrogens with zero attached hydrogens (tertiary/aromatic N) is 3. The van der Waals surface area contributed by atoms with Gasteiger partial charge in [0.25, 0.3) is 0 Å². The van der Waals surface area contributed by atoms with Gasteiger partial charge in [0.15, 0.2) is 0 Å². The van der Waals surface area contributed by atoms with E-state index in [1.165, 1.54) is 27.9 Å². The second kappa shape index (κ2) is 9.22. The average molecular weight is 406 g/mol. The van der Waals surface area contributed by atoms with E-state index in [4.69, 9.17) is 0 Å². The molecule has 2 saturated heterocycles. The number of piperazine rings is 1. The monoisotopic (exact) mass is 405 g/mol. The number of hydrogen-bond donors (Lipinski definition) is 0. The van der Waals surface area contributed by atoms with E-state index in [1.54, 1.807) is 0 Å². The van der Waals surface area contributed by atoms with Crippen LogP contribution in [0.3, 0.4) is 0 Å². The Bertz CT molecular complexity index is 886. The van der Waals surface area contributed by atoms with E-state index in [-0.39, 0.29) is 5.92 Å². The largest absolute Gasteiger partial charge is 0.368 e. The molecular weight excluding hydrogens is 370 g/mol. The van der Waals surface area contributed by atoms with Crippen molar-refractivity contribution in [2.45, 2.75) is 40.2 Å². The van der Waals surface area contributed by atoms with Crippen LogP contribution in [0.25, 0.3) is 0 Å². The molecule has 0 aromatic heterocycles. The molecule has 0 spiro atoms. The van der Waals surface area contributed by atoms with Crippen molar-refractivity contribution in [1.29, 1.82) is 0 Å². The smallest absolute Gasteiger partial charge is 0.227 e. The predicted octanol–water partition coefficient (Wildman–Crippen LogP) is 4.17. The van der Waals surface area contributed by atoms with Gasteiger partial charge in [0, 0.05) is 45.0 Å². The molecule has 2 aliphatic rings. The van der Waals surface area contributed by atoms with Crippen molar-refractivity contribution in [2.24, 2.45) is 5.92 Å². The average Bonchev–Trinajstić information content (AvgIpc) is 2.77. The summed E-state index contributed by atoms with van der Waals surface area (Å²) < 4.78 is 0. The molecule has 0 aliphatic carbocycles. The number of carbonyl (C=O) groups excluding carboxylic acids is 1. The Kier molecular flexibility index (Phi) is 6.43. The standard InChI is InChI=1S/C26H35N3O/c1-20-9-6-12-25(22(20)3)28-14-16-29(17-15-28)26(30)24-11-7-13-27(19-24)18-23-10-5-4-8-21(23)2/h4-6,8-10,12,24H,7,11,13-19H2,1-3H3. The Hall–Kier alpha value is -2.33. The van der Waals surface area contributed by atoms with Gasteiger partial charge in [0.1, 0.15) is 0 Å². The molecule has 4 rings (SSSR count). The van der Waals surface area contributed by atoms with E-state index in [0.717, 1.165) is 58.7 Å². The van der Waals surface area contributed by atoms with Crippen LogP contribution in [0.1, 0.15) is 35.1 Å². The quantitative estimate of drug-likeness (QED) is 0.764. The van der Waals surface area contributed by atoms with E-state index in [1.807, 2.05) is 0 Å². The fraction of sp³-hybridized carbons (Fsp3) is 0.500. The number of amides is 1. The molecule has 0 N–H and O–H groups in total. The molecule has 4 heteroatoms. The molecule has 1 amide bonds. The minimum absolute atomic E-state index is 0.148. The number of benzene rings is 2. The Labute approximate surface area is 181 Å². The Balaban J connectivity index is 1.33. The van der Waals surface area contributed by atoms with Crippen LogP contribution >= 0.6 is 0 Å². The van der Waals surface area contributed by atoms with Crippen LogP contribution in [0.5, 0.6) is 0 Å². The van der Waals surface area contributed by atoms with Gasteiger partial charge < -0.3 is 9.80 Å². The summed E-state index contributed by atoms with van der Waals surface area (Å²) >= 11 is 0. The van der Waals surface area contributed by atoms with E-state index in [9.17, 15) is 4.79 Å². The van der Waals surface area contributed by atoms with Gasteiger partial charge in [-0.1, -0.05) is 36.4 Å². The molecule has 4 nitrogen and oxygen atoms in total.